The van der Waals surface area contributed by atoms with Crippen molar-refractivity contribution in [3.63, 3.8) is 0 Å². The number of amides is 1. The molecule has 1 aromatic rings. The molecule has 3 nitrogen and oxygen atoms in total. The minimum Gasteiger partial charge on any atom is -0.369 e. The van der Waals surface area contributed by atoms with E-state index in [1.165, 1.54) is 19.1 Å². The van der Waals surface area contributed by atoms with E-state index in [0.717, 1.165) is 5.56 Å². The molecule has 1 unspecified atom stereocenters. The summed E-state index contributed by atoms with van der Waals surface area (Å²) >= 11 is 0. The lowest BCUT2D eigenvalue weighted by molar-refractivity contribution is -0.122. The van der Waals surface area contributed by atoms with Crippen molar-refractivity contribution in [3.05, 3.63) is 35.6 Å². The van der Waals surface area contributed by atoms with E-state index in [1.807, 2.05) is 0 Å². The van der Waals surface area contributed by atoms with Gasteiger partial charge in [0.15, 0.2) is 0 Å². The molecule has 0 bridgehead atoms. The molecule has 2 N–H and O–H groups in total. The highest BCUT2D eigenvalue weighted by molar-refractivity contribution is 5.79. The average molecular weight is 237 g/mol. The van der Waals surface area contributed by atoms with Crippen molar-refractivity contribution >= 4 is 11.7 Å². The Labute approximate surface area is 99.8 Å². The van der Waals surface area contributed by atoms with Gasteiger partial charge in [-0.25, -0.2) is 4.39 Å². The highest BCUT2D eigenvalue weighted by Crippen LogP contribution is 2.14. The molecule has 0 fully saturated rings. The van der Waals surface area contributed by atoms with Crippen LogP contribution in [0.5, 0.6) is 0 Å². The van der Waals surface area contributed by atoms with Crippen molar-refractivity contribution < 1.29 is 14.0 Å². The molecule has 4 heteroatoms. The molecule has 0 aliphatic carbocycles. The van der Waals surface area contributed by atoms with Crippen molar-refractivity contribution in [2.45, 2.75) is 26.2 Å². The van der Waals surface area contributed by atoms with Crippen LogP contribution in [0.25, 0.3) is 0 Å². The van der Waals surface area contributed by atoms with Crippen LogP contribution in [0, 0.1) is 11.7 Å². The van der Waals surface area contributed by atoms with Crippen LogP contribution >= 0.6 is 0 Å². The summed E-state index contributed by atoms with van der Waals surface area (Å²) in [6.07, 6.45) is 1.24. The number of nitrogens with two attached hydrogens (primary N) is 1. The van der Waals surface area contributed by atoms with E-state index in [2.05, 4.69) is 0 Å². The normalized spacial score (nSPS) is 12.1. The van der Waals surface area contributed by atoms with Gasteiger partial charge in [-0.15, -0.1) is 0 Å². The molecule has 0 saturated carbocycles. The van der Waals surface area contributed by atoms with Gasteiger partial charge in [0.25, 0.3) is 0 Å². The van der Waals surface area contributed by atoms with Gasteiger partial charge in [-0.3, -0.25) is 4.79 Å². The van der Waals surface area contributed by atoms with Gasteiger partial charge in [-0.1, -0.05) is 12.1 Å². The Bertz CT molecular complexity index is 400. The minimum atomic E-state index is -0.421. The maximum Gasteiger partial charge on any atom is 0.220 e. The lowest BCUT2D eigenvalue weighted by atomic mass is 9.93. The monoisotopic (exact) mass is 237 g/mol. The van der Waals surface area contributed by atoms with E-state index < -0.39 is 5.91 Å². The summed E-state index contributed by atoms with van der Waals surface area (Å²) in [4.78, 5) is 22.1. The van der Waals surface area contributed by atoms with Crippen LogP contribution < -0.4 is 5.73 Å². The molecule has 0 aliphatic heterocycles. The number of hydrogen-bond acceptors (Lipinski definition) is 2. The fraction of sp³-hybridized carbons (Fsp3) is 0.385. The molecule has 0 aliphatic rings. The van der Waals surface area contributed by atoms with Gasteiger partial charge >= 0.3 is 0 Å². The quantitative estimate of drug-likeness (QED) is 0.820. The van der Waals surface area contributed by atoms with Crippen LogP contribution in [0.2, 0.25) is 0 Å². The predicted octanol–water partition coefficient (Wildman–Crippen LogP) is 1.84. The molecule has 1 amide bonds. The molecule has 0 radical (unpaired) electrons. The van der Waals surface area contributed by atoms with E-state index >= 15 is 0 Å². The number of hydrogen-bond donors (Lipinski definition) is 1. The van der Waals surface area contributed by atoms with Gasteiger partial charge in [0.1, 0.15) is 11.6 Å². The Morgan fingerprint density at radius 2 is 1.88 bits per heavy atom. The Morgan fingerprint density at radius 1 is 1.29 bits per heavy atom. The number of ketones is 1. The first kappa shape index (κ1) is 13.4. The summed E-state index contributed by atoms with van der Waals surface area (Å²) in [5, 5.41) is 0. The summed E-state index contributed by atoms with van der Waals surface area (Å²) in [6, 6.07) is 5.94. The van der Waals surface area contributed by atoms with Gasteiger partial charge in [0, 0.05) is 12.3 Å². The summed E-state index contributed by atoms with van der Waals surface area (Å²) in [5.41, 5.74) is 6.12. The molecular formula is C13H16FNO2. The molecule has 1 aromatic carbocycles. The second-order valence-corrected chi connectivity index (χ2v) is 4.17. The molecule has 1 atom stereocenters. The first-order valence-corrected chi connectivity index (χ1v) is 5.52. The first-order valence-electron chi connectivity index (χ1n) is 5.52. The molecule has 0 saturated heterocycles. The number of primary amides is 1. The lowest BCUT2D eigenvalue weighted by Gasteiger charge is -2.12. The number of rotatable bonds is 6. The van der Waals surface area contributed by atoms with Crippen molar-refractivity contribution in [2.75, 3.05) is 0 Å². The standard InChI is InChI=1S/C13H16FNO2/c1-9(16)2-5-11(13(15)17)8-10-3-6-12(14)7-4-10/h3-4,6-7,11H,2,5,8H2,1H3,(H2,15,17). The van der Waals surface area contributed by atoms with Gasteiger partial charge in [0.2, 0.25) is 5.91 Å². The largest absolute Gasteiger partial charge is 0.369 e. The molecule has 1 rings (SSSR count). The van der Waals surface area contributed by atoms with E-state index in [1.54, 1.807) is 12.1 Å². The average Bonchev–Trinajstić information content (AvgIpc) is 2.26. The molecule has 0 spiro atoms. The number of halogens is 1. The van der Waals surface area contributed by atoms with Crippen LogP contribution in [-0.2, 0) is 16.0 Å². The molecule has 0 aromatic heterocycles. The second-order valence-electron chi connectivity index (χ2n) is 4.17. The van der Waals surface area contributed by atoms with E-state index in [0.29, 0.717) is 19.3 Å². The fourth-order valence-electron chi connectivity index (χ4n) is 1.63. The zero-order valence-corrected chi connectivity index (χ0v) is 9.78. The smallest absolute Gasteiger partial charge is 0.220 e. The van der Waals surface area contributed by atoms with Gasteiger partial charge in [-0.2, -0.15) is 0 Å². The molecular weight excluding hydrogens is 221 g/mol. The SMILES string of the molecule is CC(=O)CCC(Cc1ccc(F)cc1)C(N)=O. The minimum absolute atomic E-state index is 0.0374. The van der Waals surface area contributed by atoms with E-state index in [4.69, 9.17) is 5.73 Å². The third-order valence-corrected chi connectivity index (χ3v) is 2.64. The predicted molar refractivity (Wildman–Crippen MR) is 62.7 cm³/mol. The Hall–Kier alpha value is -1.71. The summed E-state index contributed by atoms with van der Waals surface area (Å²) in [7, 11) is 0. The number of Topliss-reactive ketones (excluding diaryl/α,β-unsaturated/α-hetero) is 1. The van der Waals surface area contributed by atoms with Gasteiger partial charge < -0.3 is 10.5 Å². The fourth-order valence-corrected chi connectivity index (χ4v) is 1.63. The summed E-state index contributed by atoms with van der Waals surface area (Å²) < 4.78 is 12.7. The highest BCUT2D eigenvalue weighted by Gasteiger charge is 2.16. The Kier molecular flexibility index (Phi) is 4.82. The third-order valence-electron chi connectivity index (χ3n) is 2.64. The zero-order valence-electron chi connectivity index (χ0n) is 9.78. The lowest BCUT2D eigenvalue weighted by Crippen LogP contribution is -2.25. The van der Waals surface area contributed by atoms with E-state index in [-0.39, 0.29) is 17.5 Å². The highest BCUT2D eigenvalue weighted by atomic mass is 19.1. The van der Waals surface area contributed by atoms with Crippen LogP contribution in [-0.4, -0.2) is 11.7 Å². The first-order chi connectivity index (χ1) is 7.99. The third kappa shape index (κ3) is 4.76. The zero-order chi connectivity index (χ0) is 12.8. The van der Waals surface area contributed by atoms with Crippen molar-refractivity contribution in [2.24, 2.45) is 11.7 Å². The number of benzene rings is 1. The van der Waals surface area contributed by atoms with Crippen LogP contribution in [0.1, 0.15) is 25.3 Å². The molecule has 0 heterocycles. The van der Waals surface area contributed by atoms with Crippen LogP contribution in [0.15, 0.2) is 24.3 Å². The summed E-state index contributed by atoms with van der Waals surface area (Å²) in [6.45, 7) is 1.48. The number of carbonyl (C=O) groups is 2. The van der Waals surface area contributed by atoms with E-state index in [9.17, 15) is 14.0 Å². The summed E-state index contributed by atoms with van der Waals surface area (Å²) in [5.74, 6) is -1.07. The second kappa shape index (κ2) is 6.13. The Morgan fingerprint density at radius 3 is 2.35 bits per heavy atom. The molecule has 17 heavy (non-hydrogen) atoms. The van der Waals surface area contributed by atoms with Crippen LogP contribution in [0.4, 0.5) is 4.39 Å². The Balaban J connectivity index is 2.63. The van der Waals surface area contributed by atoms with Crippen LogP contribution in [0.3, 0.4) is 0 Å². The number of carbonyl (C=O) groups excluding carboxylic acids is 2. The van der Waals surface area contributed by atoms with Gasteiger partial charge in [-0.05, 0) is 37.5 Å². The van der Waals surface area contributed by atoms with Crippen molar-refractivity contribution in [3.8, 4) is 0 Å². The topological polar surface area (TPSA) is 60.2 Å². The van der Waals surface area contributed by atoms with Crippen molar-refractivity contribution in [1.82, 2.24) is 0 Å². The maximum absolute atomic E-state index is 12.7. The molecule has 92 valence electrons. The maximum atomic E-state index is 12.7. The van der Waals surface area contributed by atoms with Gasteiger partial charge in [0.05, 0.1) is 0 Å². The van der Waals surface area contributed by atoms with Crippen molar-refractivity contribution in [1.29, 1.82) is 0 Å².